The Morgan fingerprint density at radius 1 is 1.16 bits per heavy atom. The average molecular weight is 357 g/mol. The highest BCUT2D eigenvalue weighted by Gasteiger charge is 2.23. The van der Waals surface area contributed by atoms with Crippen LogP contribution in [0.2, 0.25) is 0 Å². The van der Waals surface area contributed by atoms with Crippen molar-refractivity contribution in [1.29, 1.82) is 0 Å². The molecular weight excluding hydrogens is 334 g/mol. The largest absolute Gasteiger partial charge is 0.348 e. The number of nitrogens with one attached hydrogen (secondary N) is 1. The van der Waals surface area contributed by atoms with Crippen LogP contribution in [0.1, 0.15) is 49.1 Å². The highest BCUT2D eigenvalue weighted by atomic mass is 32.1. The Labute approximate surface area is 151 Å². The van der Waals surface area contributed by atoms with E-state index in [0.29, 0.717) is 13.0 Å². The third-order valence-corrected chi connectivity index (χ3v) is 5.28. The standard InChI is InChI=1S/C18H23N5OS/c1-4-13(18(24)19-11-17-22-21-16(6-3)25-17)23-14-10-8-7-9-12(14)20-15(23)5-2/h7-10,13H,4-6,11H2,1-3H3,(H,19,24)/t13-/m0/s1. The Kier molecular flexibility index (Phi) is 5.43. The lowest BCUT2D eigenvalue weighted by molar-refractivity contribution is -0.124. The van der Waals surface area contributed by atoms with Gasteiger partial charge in [0.1, 0.15) is 21.9 Å². The second-order valence-electron chi connectivity index (χ2n) is 5.83. The van der Waals surface area contributed by atoms with Gasteiger partial charge in [-0.2, -0.15) is 0 Å². The number of para-hydroxylation sites is 2. The van der Waals surface area contributed by atoms with Crippen molar-refractivity contribution in [2.45, 2.75) is 52.6 Å². The van der Waals surface area contributed by atoms with Crippen LogP contribution in [0.25, 0.3) is 11.0 Å². The predicted molar refractivity (Wildman–Crippen MR) is 99.6 cm³/mol. The first-order valence-corrected chi connectivity index (χ1v) is 9.54. The number of hydrogen-bond acceptors (Lipinski definition) is 5. The molecule has 1 amide bonds. The van der Waals surface area contributed by atoms with Gasteiger partial charge >= 0.3 is 0 Å². The van der Waals surface area contributed by atoms with Gasteiger partial charge < -0.3 is 9.88 Å². The normalized spacial score (nSPS) is 12.4. The fourth-order valence-electron chi connectivity index (χ4n) is 2.96. The van der Waals surface area contributed by atoms with E-state index in [1.807, 2.05) is 38.1 Å². The molecule has 3 aromatic rings. The summed E-state index contributed by atoms with van der Waals surface area (Å²) in [5.41, 5.74) is 1.94. The van der Waals surface area contributed by atoms with Crippen molar-refractivity contribution in [3.8, 4) is 0 Å². The minimum atomic E-state index is -0.277. The zero-order chi connectivity index (χ0) is 17.8. The number of amides is 1. The third-order valence-electron chi connectivity index (χ3n) is 4.21. The van der Waals surface area contributed by atoms with Crippen LogP contribution < -0.4 is 5.32 Å². The minimum Gasteiger partial charge on any atom is -0.348 e. The van der Waals surface area contributed by atoms with Gasteiger partial charge in [-0.15, -0.1) is 10.2 Å². The third kappa shape index (κ3) is 3.56. The number of fused-ring (bicyclic) bond motifs is 1. The lowest BCUT2D eigenvalue weighted by Gasteiger charge is -2.19. The van der Waals surface area contributed by atoms with E-state index in [9.17, 15) is 4.79 Å². The van der Waals surface area contributed by atoms with Crippen LogP contribution in [0.5, 0.6) is 0 Å². The number of benzene rings is 1. The van der Waals surface area contributed by atoms with Crippen LogP contribution in [0.4, 0.5) is 0 Å². The van der Waals surface area contributed by atoms with Crippen molar-refractivity contribution < 1.29 is 4.79 Å². The maximum atomic E-state index is 12.8. The molecule has 7 heteroatoms. The first-order chi connectivity index (χ1) is 12.2. The van der Waals surface area contributed by atoms with Crippen LogP contribution >= 0.6 is 11.3 Å². The summed E-state index contributed by atoms with van der Waals surface area (Å²) in [4.78, 5) is 17.5. The van der Waals surface area contributed by atoms with E-state index >= 15 is 0 Å². The molecule has 2 heterocycles. The van der Waals surface area contributed by atoms with E-state index in [2.05, 4.69) is 32.0 Å². The van der Waals surface area contributed by atoms with E-state index in [0.717, 1.165) is 39.7 Å². The van der Waals surface area contributed by atoms with Crippen LogP contribution in [-0.2, 0) is 24.2 Å². The molecule has 1 atom stereocenters. The fourth-order valence-corrected chi connectivity index (χ4v) is 3.68. The van der Waals surface area contributed by atoms with Gasteiger partial charge in [-0.1, -0.05) is 44.2 Å². The Morgan fingerprint density at radius 3 is 2.60 bits per heavy atom. The van der Waals surface area contributed by atoms with E-state index in [1.165, 1.54) is 0 Å². The molecule has 25 heavy (non-hydrogen) atoms. The lowest BCUT2D eigenvalue weighted by Crippen LogP contribution is -2.32. The molecule has 2 aromatic heterocycles. The molecule has 0 saturated carbocycles. The van der Waals surface area contributed by atoms with Gasteiger partial charge in [0.05, 0.1) is 17.6 Å². The van der Waals surface area contributed by atoms with Crippen molar-refractivity contribution in [3.63, 3.8) is 0 Å². The Morgan fingerprint density at radius 2 is 1.92 bits per heavy atom. The molecule has 0 spiro atoms. The number of aromatic nitrogens is 4. The van der Waals surface area contributed by atoms with Crippen LogP contribution in [0.3, 0.4) is 0 Å². The maximum absolute atomic E-state index is 12.8. The Hall–Kier alpha value is -2.28. The summed E-state index contributed by atoms with van der Waals surface area (Å²) in [6.07, 6.45) is 2.36. The lowest BCUT2D eigenvalue weighted by atomic mass is 10.2. The van der Waals surface area contributed by atoms with Gasteiger partial charge in [0, 0.05) is 6.42 Å². The SMILES string of the molecule is CCc1nnc(CNC(=O)[C@H](CC)n2c(CC)nc3ccccc32)s1. The summed E-state index contributed by atoms with van der Waals surface area (Å²) in [7, 11) is 0. The van der Waals surface area contributed by atoms with Gasteiger partial charge in [0.15, 0.2) is 0 Å². The number of imidazole rings is 1. The summed E-state index contributed by atoms with van der Waals surface area (Å²) in [6, 6.07) is 7.69. The Bertz CT molecular complexity index is 869. The highest BCUT2D eigenvalue weighted by Crippen LogP contribution is 2.24. The fraction of sp³-hybridized carbons (Fsp3) is 0.444. The molecule has 0 unspecified atom stereocenters. The zero-order valence-electron chi connectivity index (χ0n) is 14.8. The monoisotopic (exact) mass is 357 g/mol. The van der Waals surface area contributed by atoms with Gasteiger partial charge in [-0.05, 0) is 25.0 Å². The minimum absolute atomic E-state index is 0.00592. The topological polar surface area (TPSA) is 72.7 Å². The molecule has 0 radical (unpaired) electrons. The number of nitrogens with zero attached hydrogens (tertiary/aromatic N) is 4. The first-order valence-electron chi connectivity index (χ1n) is 8.72. The molecule has 1 aromatic carbocycles. The quantitative estimate of drug-likeness (QED) is 0.704. The summed E-state index contributed by atoms with van der Waals surface area (Å²) in [5, 5.41) is 13.1. The molecule has 0 aliphatic carbocycles. The number of rotatable bonds is 7. The maximum Gasteiger partial charge on any atom is 0.243 e. The molecule has 0 bridgehead atoms. The number of carbonyl (C=O) groups is 1. The molecule has 0 aliphatic heterocycles. The first kappa shape index (κ1) is 17.5. The summed E-state index contributed by atoms with van der Waals surface area (Å²) in [6.45, 7) is 6.56. The molecule has 0 fully saturated rings. The molecular formula is C18H23N5OS. The zero-order valence-corrected chi connectivity index (χ0v) is 15.6. The van der Waals surface area contributed by atoms with E-state index < -0.39 is 0 Å². The molecule has 0 aliphatic rings. The van der Waals surface area contributed by atoms with Gasteiger partial charge in [-0.25, -0.2) is 4.98 Å². The molecule has 0 saturated heterocycles. The second kappa shape index (κ2) is 7.74. The number of hydrogen-bond donors (Lipinski definition) is 1. The van der Waals surface area contributed by atoms with Gasteiger partial charge in [-0.3, -0.25) is 4.79 Å². The number of aryl methyl sites for hydroxylation is 2. The van der Waals surface area contributed by atoms with E-state index in [1.54, 1.807) is 11.3 Å². The highest BCUT2D eigenvalue weighted by molar-refractivity contribution is 7.11. The van der Waals surface area contributed by atoms with Crippen LogP contribution in [-0.4, -0.2) is 25.7 Å². The van der Waals surface area contributed by atoms with Crippen molar-refractivity contribution in [3.05, 3.63) is 40.1 Å². The van der Waals surface area contributed by atoms with Gasteiger partial charge in [0.2, 0.25) is 5.91 Å². The van der Waals surface area contributed by atoms with Crippen molar-refractivity contribution in [2.24, 2.45) is 0 Å². The predicted octanol–water partition coefficient (Wildman–Crippen LogP) is 3.28. The summed E-state index contributed by atoms with van der Waals surface area (Å²) < 4.78 is 2.07. The van der Waals surface area contributed by atoms with Crippen molar-refractivity contribution in [1.82, 2.24) is 25.1 Å². The van der Waals surface area contributed by atoms with Gasteiger partial charge in [0.25, 0.3) is 0 Å². The summed E-state index contributed by atoms with van der Waals surface area (Å²) in [5.74, 6) is 0.931. The number of carbonyl (C=O) groups excluding carboxylic acids is 1. The van der Waals surface area contributed by atoms with Crippen LogP contribution in [0, 0.1) is 0 Å². The average Bonchev–Trinajstić information content (AvgIpc) is 3.25. The van der Waals surface area contributed by atoms with E-state index in [4.69, 9.17) is 0 Å². The van der Waals surface area contributed by atoms with Crippen LogP contribution in [0.15, 0.2) is 24.3 Å². The molecule has 132 valence electrons. The molecule has 1 N–H and O–H groups in total. The molecule has 3 rings (SSSR count). The smallest absolute Gasteiger partial charge is 0.243 e. The van der Waals surface area contributed by atoms with E-state index in [-0.39, 0.29) is 11.9 Å². The second-order valence-corrected chi connectivity index (χ2v) is 6.97. The van der Waals surface area contributed by atoms with Crippen molar-refractivity contribution >= 4 is 28.3 Å². The Balaban J connectivity index is 1.83. The van der Waals surface area contributed by atoms with Crippen molar-refractivity contribution in [2.75, 3.05) is 0 Å². The molecule has 6 nitrogen and oxygen atoms in total. The summed E-state index contributed by atoms with van der Waals surface area (Å²) >= 11 is 1.55.